The molecule has 0 atom stereocenters. The zero-order chi connectivity index (χ0) is 24.8. The highest BCUT2D eigenvalue weighted by atomic mass is 19.4. The van der Waals surface area contributed by atoms with Crippen molar-refractivity contribution >= 4 is 6.03 Å². The van der Waals surface area contributed by atoms with Gasteiger partial charge in [-0.3, -0.25) is 0 Å². The smallest absolute Gasteiger partial charge is 0.244 e. The third kappa shape index (κ3) is 4.40. The van der Waals surface area contributed by atoms with E-state index >= 15 is 0 Å². The van der Waals surface area contributed by atoms with Gasteiger partial charge in [-0.05, 0) is 60.7 Å². The average molecular weight is 486 g/mol. The fourth-order valence-electron chi connectivity index (χ4n) is 3.07. The van der Waals surface area contributed by atoms with Crippen molar-refractivity contribution in [3.63, 3.8) is 0 Å². The van der Waals surface area contributed by atoms with Crippen molar-refractivity contribution in [2.75, 3.05) is 0 Å². The zero-order valence-electron chi connectivity index (χ0n) is 16.5. The van der Waals surface area contributed by atoms with E-state index in [0.717, 1.165) is 48.5 Å². The molecule has 176 valence electrons. The van der Waals surface area contributed by atoms with Crippen LogP contribution in [0.15, 0.2) is 60.7 Å². The summed E-state index contributed by atoms with van der Waals surface area (Å²) in [6.07, 6.45) is -10.3. The third-order valence-electron chi connectivity index (χ3n) is 4.64. The zero-order valence-corrected chi connectivity index (χ0v) is 16.5. The van der Waals surface area contributed by atoms with Gasteiger partial charge >= 0.3 is 18.4 Å². The van der Waals surface area contributed by atoms with Crippen LogP contribution >= 0.6 is 0 Å². The van der Waals surface area contributed by atoms with E-state index < -0.39 is 52.8 Å². The fraction of sp³-hybridized carbons (Fsp3) is 0.0952. The largest absolute Gasteiger partial charge is 0.433 e. The minimum atomic E-state index is -5.17. The fourth-order valence-corrected chi connectivity index (χ4v) is 3.07. The molecule has 2 aromatic heterocycles. The van der Waals surface area contributed by atoms with Crippen molar-refractivity contribution in [2.45, 2.75) is 12.4 Å². The topological polar surface area (TPSA) is 52.7 Å². The Hall–Kier alpha value is -4.03. The lowest BCUT2D eigenvalue weighted by Gasteiger charge is -2.11. The Balaban J connectivity index is 1.86. The van der Waals surface area contributed by atoms with Gasteiger partial charge in [-0.2, -0.15) is 45.9 Å². The lowest BCUT2D eigenvalue weighted by Crippen LogP contribution is -2.30. The van der Waals surface area contributed by atoms with Crippen LogP contribution in [0.5, 0.6) is 0 Å². The van der Waals surface area contributed by atoms with E-state index in [4.69, 9.17) is 0 Å². The number of aromatic nitrogens is 4. The molecule has 0 radical (unpaired) electrons. The minimum Gasteiger partial charge on any atom is -0.244 e. The number of halogens is 8. The highest BCUT2D eigenvalue weighted by Crippen LogP contribution is 2.35. The Labute approximate surface area is 184 Å². The first-order valence-electron chi connectivity index (χ1n) is 9.26. The molecule has 2 heterocycles. The summed E-state index contributed by atoms with van der Waals surface area (Å²) in [6.45, 7) is 0. The highest BCUT2D eigenvalue weighted by molar-refractivity contribution is 5.81. The summed E-state index contributed by atoms with van der Waals surface area (Å²) < 4.78 is 107. The van der Waals surface area contributed by atoms with Crippen molar-refractivity contribution in [1.29, 1.82) is 0 Å². The summed E-state index contributed by atoms with van der Waals surface area (Å²) in [4.78, 5) is 12.9. The summed E-state index contributed by atoms with van der Waals surface area (Å²) in [5.74, 6) is -1.37. The summed E-state index contributed by atoms with van der Waals surface area (Å²) in [6, 6.07) is 7.15. The summed E-state index contributed by atoms with van der Waals surface area (Å²) >= 11 is 0. The van der Waals surface area contributed by atoms with E-state index in [2.05, 4.69) is 10.2 Å². The molecule has 0 saturated heterocycles. The molecule has 0 aliphatic heterocycles. The number of hydrogen-bond donors (Lipinski definition) is 0. The van der Waals surface area contributed by atoms with Crippen LogP contribution in [0.4, 0.5) is 39.9 Å². The number of rotatable bonds is 2. The number of carbonyl (C=O) groups is 1. The quantitative estimate of drug-likeness (QED) is 0.315. The molecule has 0 amide bonds. The van der Waals surface area contributed by atoms with Gasteiger partial charge in [-0.15, -0.1) is 0 Å². The van der Waals surface area contributed by atoms with Crippen LogP contribution in [0.3, 0.4) is 0 Å². The van der Waals surface area contributed by atoms with E-state index in [-0.39, 0.29) is 20.5 Å². The van der Waals surface area contributed by atoms with Crippen LogP contribution in [0.25, 0.3) is 22.5 Å². The molecular weight excluding hydrogens is 476 g/mol. The first kappa shape index (κ1) is 23.1. The minimum absolute atomic E-state index is 0.0121. The second-order valence-corrected chi connectivity index (χ2v) is 6.95. The number of nitrogens with zero attached hydrogens (tertiary/aromatic N) is 4. The van der Waals surface area contributed by atoms with Gasteiger partial charge in [0.1, 0.15) is 11.6 Å². The molecule has 5 nitrogen and oxygen atoms in total. The molecule has 13 heteroatoms. The Kier molecular flexibility index (Phi) is 5.50. The Bertz CT molecular complexity index is 1250. The lowest BCUT2D eigenvalue weighted by atomic mass is 10.1. The Morgan fingerprint density at radius 1 is 0.618 bits per heavy atom. The average Bonchev–Trinajstić information content (AvgIpc) is 3.40. The standard InChI is InChI=1S/C21H10F8N4O/c22-13-5-1-11(2-6-13)15-9-17(20(24,25)26)32(30-15)19(34)33-18(21(27,28)29)10-16(31-33)12-3-7-14(23)8-4-12/h1-10H. The first-order valence-corrected chi connectivity index (χ1v) is 9.26. The normalized spacial score (nSPS) is 12.2. The molecule has 0 saturated carbocycles. The molecule has 0 aliphatic rings. The van der Waals surface area contributed by atoms with E-state index in [1.54, 1.807) is 0 Å². The predicted octanol–water partition coefficient (Wildman–Crippen LogP) is 6.25. The van der Waals surface area contributed by atoms with Gasteiger partial charge in [0.2, 0.25) is 0 Å². The molecule has 0 spiro atoms. The van der Waals surface area contributed by atoms with E-state index in [0.29, 0.717) is 12.1 Å². The predicted molar refractivity (Wildman–Crippen MR) is 101 cm³/mol. The molecule has 0 fully saturated rings. The summed E-state index contributed by atoms with van der Waals surface area (Å²) in [7, 11) is 0. The van der Waals surface area contributed by atoms with Crippen molar-refractivity contribution in [1.82, 2.24) is 19.6 Å². The maximum absolute atomic E-state index is 13.6. The van der Waals surface area contributed by atoms with Crippen molar-refractivity contribution in [3.8, 4) is 22.5 Å². The van der Waals surface area contributed by atoms with Crippen molar-refractivity contribution in [2.24, 2.45) is 0 Å². The number of benzene rings is 2. The van der Waals surface area contributed by atoms with E-state index in [1.807, 2.05) is 0 Å². The summed E-state index contributed by atoms with van der Waals surface area (Å²) in [5, 5.41) is 7.03. The maximum atomic E-state index is 13.6. The number of hydrogen-bond acceptors (Lipinski definition) is 3. The molecule has 0 unspecified atom stereocenters. The molecule has 2 aromatic carbocycles. The van der Waals surface area contributed by atoms with Crippen LogP contribution in [-0.4, -0.2) is 25.6 Å². The second kappa shape index (κ2) is 8.08. The number of carbonyl (C=O) groups excluding carboxylic acids is 1. The molecular formula is C21H10F8N4O. The van der Waals surface area contributed by atoms with Gasteiger partial charge in [-0.25, -0.2) is 13.6 Å². The Morgan fingerprint density at radius 2 is 0.941 bits per heavy atom. The third-order valence-corrected chi connectivity index (χ3v) is 4.64. The van der Waals surface area contributed by atoms with E-state index in [9.17, 15) is 39.9 Å². The van der Waals surface area contributed by atoms with Gasteiger partial charge in [0.05, 0.1) is 11.4 Å². The van der Waals surface area contributed by atoms with E-state index in [1.165, 1.54) is 0 Å². The summed E-state index contributed by atoms with van der Waals surface area (Å²) in [5.41, 5.74) is -4.21. The monoisotopic (exact) mass is 486 g/mol. The molecule has 0 N–H and O–H groups in total. The highest BCUT2D eigenvalue weighted by Gasteiger charge is 2.42. The van der Waals surface area contributed by atoms with Gasteiger partial charge in [0.25, 0.3) is 0 Å². The van der Waals surface area contributed by atoms with Gasteiger partial charge < -0.3 is 0 Å². The van der Waals surface area contributed by atoms with Crippen LogP contribution in [0.1, 0.15) is 11.4 Å². The Morgan fingerprint density at radius 3 is 1.24 bits per heavy atom. The second-order valence-electron chi connectivity index (χ2n) is 6.95. The van der Waals surface area contributed by atoms with Gasteiger partial charge in [0, 0.05) is 11.1 Å². The van der Waals surface area contributed by atoms with Crippen molar-refractivity contribution in [3.05, 3.63) is 83.7 Å². The van der Waals surface area contributed by atoms with Crippen molar-refractivity contribution < 1.29 is 39.9 Å². The maximum Gasteiger partial charge on any atom is 0.433 e. The molecule has 0 bridgehead atoms. The molecule has 4 rings (SSSR count). The molecule has 0 aliphatic carbocycles. The number of alkyl halides is 6. The van der Waals surface area contributed by atoms with Gasteiger partial charge in [0.15, 0.2) is 11.4 Å². The van der Waals surface area contributed by atoms with Crippen LogP contribution in [0, 0.1) is 11.6 Å². The first-order chi connectivity index (χ1) is 15.8. The van der Waals surface area contributed by atoms with Crippen LogP contribution < -0.4 is 0 Å². The van der Waals surface area contributed by atoms with Crippen LogP contribution in [-0.2, 0) is 12.4 Å². The lowest BCUT2D eigenvalue weighted by molar-refractivity contribution is -0.143. The molecule has 34 heavy (non-hydrogen) atoms. The van der Waals surface area contributed by atoms with Gasteiger partial charge in [-0.1, -0.05) is 0 Å². The molecule has 4 aromatic rings. The SMILES string of the molecule is O=C(n1nc(-c2ccc(F)cc2)cc1C(F)(F)F)n1nc(-c2ccc(F)cc2)cc1C(F)(F)F. The van der Waals surface area contributed by atoms with Crippen LogP contribution in [0.2, 0.25) is 0 Å².